The summed E-state index contributed by atoms with van der Waals surface area (Å²) in [6.07, 6.45) is 5.42. The third-order valence-electron chi connectivity index (χ3n) is 5.42. The zero-order chi connectivity index (χ0) is 21.0. The second-order valence-corrected chi connectivity index (χ2v) is 8.21. The van der Waals surface area contributed by atoms with E-state index in [1.165, 1.54) is 24.6 Å². The number of carbonyl (C=O) groups is 2. The Morgan fingerprint density at radius 3 is 2.59 bits per heavy atom. The van der Waals surface area contributed by atoms with Crippen LogP contribution in [-0.4, -0.2) is 29.3 Å². The molecule has 1 N–H and O–H groups in total. The highest BCUT2D eigenvalue weighted by Gasteiger charge is 2.29. The number of nitrogens with one attached hydrogen (secondary N) is 1. The van der Waals surface area contributed by atoms with E-state index < -0.39 is 11.7 Å². The fraction of sp³-hybridized carbons (Fsp3) is 0.409. The summed E-state index contributed by atoms with van der Waals surface area (Å²) in [6.45, 7) is 4.27. The van der Waals surface area contributed by atoms with Crippen molar-refractivity contribution < 1.29 is 14.0 Å². The minimum atomic E-state index is -0.639. The van der Waals surface area contributed by atoms with Gasteiger partial charge < -0.3 is 10.2 Å². The Balaban J connectivity index is 1.89. The molecule has 1 aromatic carbocycles. The topological polar surface area (TPSA) is 73.2 Å². The van der Waals surface area contributed by atoms with Crippen LogP contribution in [0.15, 0.2) is 24.3 Å². The molecule has 1 fully saturated rings. The predicted octanol–water partition coefficient (Wildman–Crippen LogP) is 5.11. The van der Waals surface area contributed by atoms with Gasteiger partial charge in [0.15, 0.2) is 0 Å². The van der Waals surface area contributed by atoms with Crippen molar-refractivity contribution in [2.24, 2.45) is 0 Å². The van der Waals surface area contributed by atoms with Gasteiger partial charge in [-0.1, -0.05) is 31.4 Å². The van der Waals surface area contributed by atoms with Gasteiger partial charge in [0.1, 0.15) is 16.9 Å². The molecule has 0 spiro atoms. The Bertz CT molecular complexity index is 957. The van der Waals surface area contributed by atoms with Gasteiger partial charge in [-0.25, -0.2) is 4.39 Å². The van der Waals surface area contributed by atoms with Crippen LogP contribution in [0, 0.1) is 24.1 Å². The Morgan fingerprint density at radius 1 is 1.28 bits per heavy atom. The number of halogens is 1. The van der Waals surface area contributed by atoms with Gasteiger partial charge in [-0.2, -0.15) is 5.26 Å². The van der Waals surface area contributed by atoms with Crippen LogP contribution >= 0.6 is 11.3 Å². The summed E-state index contributed by atoms with van der Waals surface area (Å²) < 4.78 is 13.9. The van der Waals surface area contributed by atoms with Crippen LogP contribution in [0.25, 0.3) is 0 Å². The number of hydrogen-bond donors (Lipinski definition) is 1. The Morgan fingerprint density at radius 2 is 1.97 bits per heavy atom. The lowest BCUT2D eigenvalue weighted by molar-refractivity contribution is 0.0652. The second-order valence-electron chi connectivity index (χ2n) is 7.19. The average Bonchev–Trinajstić information content (AvgIpc) is 3.04. The summed E-state index contributed by atoms with van der Waals surface area (Å²) in [5.74, 6) is -1.38. The van der Waals surface area contributed by atoms with Gasteiger partial charge in [-0.05, 0) is 44.4 Å². The minimum absolute atomic E-state index is 0.104. The highest BCUT2D eigenvalue weighted by Crippen LogP contribution is 2.35. The quantitative estimate of drug-likeness (QED) is 0.740. The minimum Gasteiger partial charge on any atom is -0.335 e. The molecule has 5 nitrogen and oxygen atoms in total. The molecule has 1 aromatic heterocycles. The van der Waals surface area contributed by atoms with E-state index in [1.54, 1.807) is 13.0 Å². The van der Waals surface area contributed by atoms with Crippen molar-refractivity contribution in [1.82, 2.24) is 4.90 Å². The summed E-state index contributed by atoms with van der Waals surface area (Å²) in [5.41, 5.74) is 0.705. The molecule has 0 atom stereocenters. The van der Waals surface area contributed by atoms with Crippen molar-refractivity contribution in [3.8, 4) is 6.07 Å². The fourth-order valence-corrected chi connectivity index (χ4v) is 4.96. The van der Waals surface area contributed by atoms with E-state index in [4.69, 9.17) is 0 Å². The van der Waals surface area contributed by atoms with Crippen LogP contribution in [0.2, 0.25) is 0 Å². The molecule has 0 bridgehead atoms. The van der Waals surface area contributed by atoms with E-state index in [0.29, 0.717) is 17.0 Å². The van der Waals surface area contributed by atoms with Crippen LogP contribution in [0.5, 0.6) is 0 Å². The first-order valence-electron chi connectivity index (χ1n) is 9.88. The molecule has 0 radical (unpaired) electrons. The number of amides is 2. The first-order valence-corrected chi connectivity index (χ1v) is 10.7. The summed E-state index contributed by atoms with van der Waals surface area (Å²) in [7, 11) is 0. The van der Waals surface area contributed by atoms with Gasteiger partial charge in [0.25, 0.3) is 11.8 Å². The van der Waals surface area contributed by atoms with Crippen molar-refractivity contribution in [3.63, 3.8) is 0 Å². The van der Waals surface area contributed by atoms with Crippen molar-refractivity contribution in [3.05, 3.63) is 51.7 Å². The van der Waals surface area contributed by atoms with E-state index in [1.807, 2.05) is 11.8 Å². The fourth-order valence-electron chi connectivity index (χ4n) is 3.85. The number of thiophene rings is 1. The van der Waals surface area contributed by atoms with Crippen molar-refractivity contribution in [2.45, 2.75) is 52.0 Å². The van der Waals surface area contributed by atoms with Crippen LogP contribution in [0.1, 0.15) is 70.2 Å². The Hall–Kier alpha value is -2.72. The monoisotopic (exact) mass is 413 g/mol. The van der Waals surface area contributed by atoms with Gasteiger partial charge in [0, 0.05) is 12.6 Å². The van der Waals surface area contributed by atoms with Crippen LogP contribution in [0.4, 0.5) is 9.39 Å². The molecule has 7 heteroatoms. The molecule has 1 saturated carbocycles. The lowest BCUT2D eigenvalue weighted by atomic mass is 9.94. The molecular formula is C22H24FN3O2S. The number of anilines is 1. The van der Waals surface area contributed by atoms with Gasteiger partial charge in [-0.15, -0.1) is 11.3 Å². The molecule has 0 aliphatic heterocycles. The lowest BCUT2D eigenvalue weighted by Crippen LogP contribution is -2.41. The molecule has 0 saturated heterocycles. The van der Waals surface area contributed by atoms with Crippen molar-refractivity contribution in [1.29, 1.82) is 5.26 Å². The van der Waals surface area contributed by atoms with E-state index in [9.17, 15) is 19.2 Å². The number of nitrogens with zero attached hydrogens (tertiary/aromatic N) is 2. The number of nitriles is 1. The second kappa shape index (κ2) is 9.19. The summed E-state index contributed by atoms with van der Waals surface area (Å²) in [6, 6.07) is 7.95. The Kier molecular flexibility index (Phi) is 6.65. The molecular weight excluding hydrogens is 389 g/mol. The third kappa shape index (κ3) is 4.33. The standard InChI is InChI=1S/C22H24FN3O2S/c1-3-26(15-9-5-4-6-10-15)22(28)19-14(2)17(13-24)21(29-19)25-20(27)16-11-7-8-12-18(16)23/h7-8,11-12,15H,3-6,9-10H2,1-2H3,(H,25,27). The van der Waals surface area contributed by atoms with Crippen LogP contribution < -0.4 is 5.32 Å². The summed E-state index contributed by atoms with van der Waals surface area (Å²) >= 11 is 1.09. The maximum Gasteiger partial charge on any atom is 0.264 e. The number of benzene rings is 1. The SMILES string of the molecule is CCN(C(=O)c1sc(NC(=O)c2ccccc2F)c(C#N)c1C)C1CCCCC1. The maximum atomic E-state index is 13.9. The van der Waals surface area contributed by atoms with E-state index in [2.05, 4.69) is 11.4 Å². The predicted molar refractivity (Wildman–Crippen MR) is 112 cm³/mol. The molecule has 1 aliphatic rings. The summed E-state index contributed by atoms with van der Waals surface area (Å²) in [5, 5.41) is 12.5. The normalized spacial score (nSPS) is 14.3. The zero-order valence-electron chi connectivity index (χ0n) is 16.6. The van der Waals surface area contributed by atoms with E-state index in [-0.39, 0.29) is 28.1 Å². The van der Waals surface area contributed by atoms with Crippen molar-refractivity contribution >= 4 is 28.2 Å². The molecule has 3 rings (SSSR count). The Labute approximate surface area is 174 Å². The maximum absolute atomic E-state index is 13.9. The summed E-state index contributed by atoms with van der Waals surface area (Å²) in [4.78, 5) is 28.1. The smallest absolute Gasteiger partial charge is 0.264 e. The van der Waals surface area contributed by atoms with Gasteiger partial charge >= 0.3 is 0 Å². The number of hydrogen-bond acceptors (Lipinski definition) is 4. The lowest BCUT2D eigenvalue weighted by Gasteiger charge is -2.33. The third-order valence-corrected chi connectivity index (χ3v) is 6.61. The largest absolute Gasteiger partial charge is 0.335 e. The van der Waals surface area contributed by atoms with Gasteiger partial charge in [0.05, 0.1) is 16.0 Å². The van der Waals surface area contributed by atoms with Crippen LogP contribution in [0.3, 0.4) is 0 Å². The molecule has 0 unspecified atom stereocenters. The number of carbonyl (C=O) groups excluding carboxylic acids is 2. The molecule has 152 valence electrons. The van der Waals surface area contributed by atoms with Gasteiger partial charge in [0.2, 0.25) is 0 Å². The van der Waals surface area contributed by atoms with Crippen molar-refractivity contribution in [2.75, 3.05) is 11.9 Å². The molecule has 1 aliphatic carbocycles. The highest BCUT2D eigenvalue weighted by molar-refractivity contribution is 7.18. The molecule has 2 amide bonds. The first-order chi connectivity index (χ1) is 14.0. The average molecular weight is 414 g/mol. The zero-order valence-corrected chi connectivity index (χ0v) is 17.4. The first kappa shape index (κ1) is 21.0. The number of rotatable bonds is 5. The van der Waals surface area contributed by atoms with E-state index in [0.717, 1.165) is 37.0 Å². The molecule has 2 aromatic rings. The molecule has 1 heterocycles. The van der Waals surface area contributed by atoms with Crippen LogP contribution in [-0.2, 0) is 0 Å². The van der Waals surface area contributed by atoms with Gasteiger partial charge in [-0.3, -0.25) is 9.59 Å². The van der Waals surface area contributed by atoms with E-state index >= 15 is 0 Å². The highest BCUT2D eigenvalue weighted by atomic mass is 32.1. The molecule has 29 heavy (non-hydrogen) atoms.